The van der Waals surface area contributed by atoms with Gasteiger partial charge in [0.25, 0.3) is 0 Å². The molecule has 1 aliphatic rings. The highest BCUT2D eigenvalue weighted by Crippen LogP contribution is 2.34. The maximum atomic E-state index is 11.3. The van der Waals surface area contributed by atoms with Crippen LogP contribution in [0.15, 0.2) is 24.3 Å². The van der Waals surface area contributed by atoms with Crippen molar-refractivity contribution < 1.29 is 4.79 Å². The first-order chi connectivity index (χ1) is 8.08. The molecule has 1 saturated carbocycles. The lowest BCUT2D eigenvalue weighted by Gasteiger charge is -2.16. The van der Waals surface area contributed by atoms with E-state index in [0.29, 0.717) is 11.8 Å². The summed E-state index contributed by atoms with van der Waals surface area (Å²) in [5.74, 6) is 0.706. The minimum absolute atomic E-state index is 0.208. The van der Waals surface area contributed by atoms with Crippen LogP contribution in [-0.2, 0) is 4.79 Å². The Hall–Kier alpha value is -1.51. The summed E-state index contributed by atoms with van der Waals surface area (Å²) in [5.41, 5.74) is 7.68. The lowest BCUT2D eigenvalue weighted by molar-refractivity contribution is -0.119. The van der Waals surface area contributed by atoms with E-state index in [1.165, 1.54) is 5.56 Å². The number of nitrogens with two attached hydrogens (primary N) is 1. The molecule has 1 aliphatic carbocycles. The number of carbonyl (C=O) groups is 1. The Labute approximate surface area is 102 Å². The lowest BCUT2D eigenvalue weighted by Crippen LogP contribution is -2.37. The number of amides is 1. The molecular weight excluding hydrogens is 212 g/mol. The second kappa shape index (κ2) is 4.78. The molecule has 3 nitrogen and oxygen atoms in total. The van der Waals surface area contributed by atoms with Crippen molar-refractivity contribution in [2.45, 2.75) is 38.6 Å². The predicted octanol–water partition coefficient (Wildman–Crippen LogP) is 2.49. The molecule has 2 rings (SSSR count). The highest BCUT2D eigenvalue weighted by atomic mass is 16.1. The average molecular weight is 232 g/mol. The van der Waals surface area contributed by atoms with Gasteiger partial charge >= 0.3 is 0 Å². The summed E-state index contributed by atoms with van der Waals surface area (Å²) < 4.78 is 0. The van der Waals surface area contributed by atoms with Crippen molar-refractivity contribution in [1.29, 1.82) is 0 Å². The minimum Gasteiger partial charge on any atom is -0.373 e. The molecule has 1 atom stereocenters. The third kappa shape index (κ3) is 2.99. The van der Waals surface area contributed by atoms with Gasteiger partial charge in [0.1, 0.15) is 6.04 Å². The van der Waals surface area contributed by atoms with Gasteiger partial charge in [-0.3, -0.25) is 4.79 Å². The van der Waals surface area contributed by atoms with Crippen LogP contribution in [0.2, 0.25) is 0 Å². The van der Waals surface area contributed by atoms with Crippen LogP contribution < -0.4 is 11.1 Å². The fourth-order valence-electron chi connectivity index (χ4n) is 1.99. The zero-order valence-corrected chi connectivity index (χ0v) is 10.4. The zero-order chi connectivity index (χ0) is 12.4. The standard InChI is InChI=1S/C14H20N2O/c1-9(2)10-5-7-12(8-6-10)16-13(14(15)17)11-3-4-11/h5-9,11,13,16H,3-4H2,1-2H3,(H2,15,17). The quantitative estimate of drug-likeness (QED) is 0.819. The van der Waals surface area contributed by atoms with Gasteiger partial charge in [-0.1, -0.05) is 26.0 Å². The molecule has 0 aromatic heterocycles. The third-order valence-electron chi connectivity index (χ3n) is 3.30. The van der Waals surface area contributed by atoms with E-state index in [0.717, 1.165) is 18.5 Å². The average Bonchev–Trinajstić information content (AvgIpc) is 3.10. The van der Waals surface area contributed by atoms with Crippen LogP contribution in [0, 0.1) is 5.92 Å². The molecule has 17 heavy (non-hydrogen) atoms. The molecule has 0 spiro atoms. The normalized spacial score (nSPS) is 16.9. The molecule has 1 unspecified atom stereocenters. The summed E-state index contributed by atoms with van der Waals surface area (Å²) in [7, 11) is 0. The Balaban J connectivity index is 2.04. The van der Waals surface area contributed by atoms with Gasteiger partial charge in [-0.15, -0.1) is 0 Å². The lowest BCUT2D eigenvalue weighted by atomic mass is 10.0. The van der Waals surface area contributed by atoms with E-state index in [2.05, 4.69) is 31.3 Å². The summed E-state index contributed by atoms with van der Waals surface area (Å²) in [4.78, 5) is 11.3. The van der Waals surface area contributed by atoms with E-state index in [1.807, 2.05) is 12.1 Å². The van der Waals surface area contributed by atoms with Gasteiger partial charge in [0.2, 0.25) is 5.91 Å². The molecular formula is C14H20N2O. The second-order valence-corrected chi connectivity index (χ2v) is 5.14. The van der Waals surface area contributed by atoms with Crippen LogP contribution in [0.5, 0.6) is 0 Å². The Morgan fingerprint density at radius 3 is 2.29 bits per heavy atom. The number of hydrogen-bond donors (Lipinski definition) is 2. The highest BCUT2D eigenvalue weighted by Gasteiger charge is 2.34. The van der Waals surface area contributed by atoms with Crippen LogP contribution in [0.3, 0.4) is 0 Å². The van der Waals surface area contributed by atoms with Crippen molar-refractivity contribution in [2.75, 3.05) is 5.32 Å². The van der Waals surface area contributed by atoms with E-state index in [4.69, 9.17) is 5.73 Å². The largest absolute Gasteiger partial charge is 0.373 e. The van der Waals surface area contributed by atoms with Gasteiger partial charge in [-0.25, -0.2) is 0 Å². The van der Waals surface area contributed by atoms with Crippen LogP contribution in [0.1, 0.15) is 38.2 Å². The van der Waals surface area contributed by atoms with E-state index in [9.17, 15) is 4.79 Å². The SMILES string of the molecule is CC(C)c1ccc(NC(C(N)=O)C2CC2)cc1. The topological polar surface area (TPSA) is 55.1 Å². The van der Waals surface area contributed by atoms with Crippen LogP contribution >= 0.6 is 0 Å². The highest BCUT2D eigenvalue weighted by molar-refractivity contribution is 5.83. The van der Waals surface area contributed by atoms with E-state index < -0.39 is 0 Å². The minimum atomic E-state index is -0.250. The maximum Gasteiger partial charge on any atom is 0.240 e. The van der Waals surface area contributed by atoms with E-state index in [1.54, 1.807) is 0 Å². The number of nitrogens with one attached hydrogen (secondary N) is 1. The molecule has 1 aromatic rings. The monoisotopic (exact) mass is 232 g/mol. The van der Waals surface area contributed by atoms with Crippen molar-refractivity contribution in [3.63, 3.8) is 0 Å². The van der Waals surface area contributed by atoms with Crippen LogP contribution in [0.4, 0.5) is 5.69 Å². The summed E-state index contributed by atoms with van der Waals surface area (Å²) in [5, 5.41) is 3.23. The number of primary amides is 1. The Morgan fingerprint density at radius 2 is 1.88 bits per heavy atom. The van der Waals surface area contributed by atoms with E-state index in [-0.39, 0.29) is 11.9 Å². The fraction of sp³-hybridized carbons (Fsp3) is 0.500. The molecule has 0 radical (unpaired) electrons. The molecule has 1 amide bonds. The molecule has 3 heteroatoms. The molecule has 3 N–H and O–H groups in total. The van der Waals surface area contributed by atoms with Crippen molar-refractivity contribution in [3.8, 4) is 0 Å². The molecule has 0 aliphatic heterocycles. The fourth-order valence-corrected chi connectivity index (χ4v) is 1.99. The summed E-state index contributed by atoms with van der Waals surface area (Å²) in [6, 6.07) is 8.02. The van der Waals surface area contributed by atoms with Gasteiger partial charge in [-0.05, 0) is 42.4 Å². The first-order valence-electron chi connectivity index (χ1n) is 6.23. The number of anilines is 1. The summed E-state index contributed by atoms with van der Waals surface area (Å²) in [6.07, 6.45) is 2.20. The third-order valence-corrected chi connectivity index (χ3v) is 3.30. The van der Waals surface area contributed by atoms with Crippen molar-refractivity contribution in [3.05, 3.63) is 29.8 Å². The molecule has 0 saturated heterocycles. The number of rotatable bonds is 5. The van der Waals surface area contributed by atoms with Gasteiger partial charge in [-0.2, -0.15) is 0 Å². The Kier molecular flexibility index (Phi) is 3.36. The van der Waals surface area contributed by atoms with E-state index >= 15 is 0 Å². The molecule has 1 fully saturated rings. The van der Waals surface area contributed by atoms with Crippen LogP contribution in [0.25, 0.3) is 0 Å². The number of carbonyl (C=O) groups excluding carboxylic acids is 1. The number of benzene rings is 1. The zero-order valence-electron chi connectivity index (χ0n) is 10.4. The smallest absolute Gasteiger partial charge is 0.240 e. The molecule has 1 aromatic carbocycles. The van der Waals surface area contributed by atoms with Gasteiger partial charge in [0.05, 0.1) is 0 Å². The van der Waals surface area contributed by atoms with Gasteiger partial charge < -0.3 is 11.1 Å². The first kappa shape index (κ1) is 12.0. The van der Waals surface area contributed by atoms with Crippen LogP contribution in [-0.4, -0.2) is 11.9 Å². The molecule has 92 valence electrons. The second-order valence-electron chi connectivity index (χ2n) is 5.14. The predicted molar refractivity (Wildman–Crippen MR) is 69.9 cm³/mol. The molecule has 0 heterocycles. The first-order valence-corrected chi connectivity index (χ1v) is 6.23. The Bertz CT molecular complexity index is 393. The summed E-state index contributed by atoms with van der Waals surface area (Å²) >= 11 is 0. The van der Waals surface area contributed by atoms with Crippen molar-refractivity contribution >= 4 is 11.6 Å². The van der Waals surface area contributed by atoms with Gasteiger partial charge in [0.15, 0.2) is 0 Å². The van der Waals surface area contributed by atoms with Crippen molar-refractivity contribution in [1.82, 2.24) is 0 Å². The summed E-state index contributed by atoms with van der Waals surface area (Å²) in [6.45, 7) is 4.33. The Morgan fingerprint density at radius 1 is 1.29 bits per heavy atom. The van der Waals surface area contributed by atoms with Gasteiger partial charge in [0, 0.05) is 5.69 Å². The molecule has 0 bridgehead atoms. The maximum absolute atomic E-state index is 11.3. The number of hydrogen-bond acceptors (Lipinski definition) is 2. The van der Waals surface area contributed by atoms with Crippen molar-refractivity contribution in [2.24, 2.45) is 11.7 Å².